The van der Waals surface area contributed by atoms with Gasteiger partial charge in [0, 0.05) is 37.7 Å². The number of aliphatic imine (C=N–C) groups is 1. The van der Waals surface area contributed by atoms with E-state index in [1.54, 1.807) is 13.2 Å². The molecule has 2 atom stereocenters. The summed E-state index contributed by atoms with van der Waals surface area (Å²) in [6.45, 7) is 10.2. The number of carbonyl (C=O) groups is 1. The van der Waals surface area contributed by atoms with Crippen LogP contribution in [0.4, 0.5) is 11.5 Å². The summed E-state index contributed by atoms with van der Waals surface area (Å²) in [5.41, 5.74) is 5.83. The highest BCUT2D eigenvalue weighted by molar-refractivity contribution is 6.30. The Hall–Kier alpha value is -3.04. The fourth-order valence-electron chi connectivity index (χ4n) is 5.34. The van der Waals surface area contributed by atoms with Gasteiger partial charge in [-0.1, -0.05) is 24.6 Å². The number of nitrogens with zero attached hydrogens (tertiary/aromatic N) is 4. The quantitative estimate of drug-likeness (QED) is 0.430. The van der Waals surface area contributed by atoms with Crippen molar-refractivity contribution >= 4 is 35.0 Å². The first kappa shape index (κ1) is 27.0. The van der Waals surface area contributed by atoms with Gasteiger partial charge in [0.2, 0.25) is 11.9 Å². The van der Waals surface area contributed by atoms with E-state index >= 15 is 0 Å². The Morgan fingerprint density at radius 2 is 1.92 bits per heavy atom. The van der Waals surface area contributed by atoms with Crippen molar-refractivity contribution in [2.75, 3.05) is 37.8 Å². The van der Waals surface area contributed by atoms with Gasteiger partial charge in [0.05, 0.1) is 11.1 Å². The van der Waals surface area contributed by atoms with Gasteiger partial charge in [0.25, 0.3) is 0 Å². The molecule has 2 unspecified atom stereocenters. The fourth-order valence-corrected chi connectivity index (χ4v) is 5.59. The molecule has 200 valence electrons. The van der Waals surface area contributed by atoms with Crippen LogP contribution in [0.3, 0.4) is 0 Å². The van der Waals surface area contributed by atoms with Crippen LogP contribution in [0.5, 0.6) is 0 Å². The highest BCUT2D eigenvalue weighted by atomic mass is 35.5. The van der Waals surface area contributed by atoms with E-state index in [0.29, 0.717) is 16.9 Å². The molecule has 9 nitrogen and oxygen atoms in total. The number of aromatic nitrogens is 2. The van der Waals surface area contributed by atoms with E-state index in [9.17, 15) is 4.79 Å². The Labute approximate surface area is 224 Å². The second-order valence-corrected chi connectivity index (χ2v) is 10.5. The molecule has 1 aromatic carbocycles. The third kappa shape index (κ3) is 5.93. The highest BCUT2D eigenvalue weighted by Gasteiger charge is 2.30. The zero-order valence-electron chi connectivity index (χ0n) is 22.7. The average molecular weight is 527 g/mol. The van der Waals surface area contributed by atoms with Crippen LogP contribution in [-0.2, 0) is 4.79 Å². The molecule has 0 aliphatic carbocycles. The molecule has 2 aromatic rings. The Balaban J connectivity index is 1.44. The predicted octanol–water partition coefficient (Wildman–Crippen LogP) is 4.27. The summed E-state index contributed by atoms with van der Waals surface area (Å²) in [7, 11) is 3.67. The molecule has 2 aliphatic rings. The van der Waals surface area contributed by atoms with E-state index in [1.165, 1.54) is 16.7 Å². The number of guanidine groups is 1. The summed E-state index contributed by atoms with van der Waals surface area (Å²) in [5, 5.41) is 17.5. The highest BCUT2D eigenvalue weighted by Crippen LogP contribution is 2.34. The van der Waals surface area contributed by atoms with Crippen LogP contribution in [-0.4, -0.2) is 71.3 Å². The van der Waals surface area contributed by atoms with E-state index in [0.717, 1.165) is 49.6 Å². The standard InChI is InChI=1S/C27H39ClN8O/c1-7-23(26(37)29-5)36-10-8-19(9-11-36)20-12-17(3)22(13-16(20)2)31-27-30-15-21(28)25(35(27)6)32-24-14-18(4)33-34-24/h12-15,19,23,25H,7-11H2,1-6H3,(H,29,37)(H,30,31)(H2,32,33,34). The molecule has 1 saturated heterocycles. The first-order valence-electron chi connectivity index (χ1n) is 13.0. The Bertz CT molecular complexity index is 1180. The van der Waals surface area contributed by atoms with E-state index in [1.807, 2.05) is 24.9 Å². The van der Waals surface area contributed by atoms with Crippen LogP contribution in [0, 0.1) is 20.8 Å². The van der Waals surface area contributed by atoms with Crippen LogP contribution in [0.2, 0.25) is 0 Å². The van der Waals surface area contributed by atoms with Gasteiger partial charge >= 0.3 is 0 Å². The Morgan fingerprint density at radius 3 is 2.54 bits per heavy atom. The zero-order chi connectivity index (χ0) is 26.7. The van der Waals surface area contributed by atoms with Crippen molar-refractivity contribution in [1.82, 2.24) is 25.3 Å². The third-order valence-corrected chi connectivity index (χ3v) is 7.79. The monoisotopic (exact) mass is 526 g/mol. The molecular weight excluding hydrogens is 488 g/mol. The van der Waals surface area contributed by atoms with Gasteiger partial charge in [-0.3, -0.25) is 14.8 Å². The number of halogens is 1. The number of hydrogen-bond acceptors (Lipinski definition) is 7. The minimum Gasteiger partial charge on any atom is -0.358 e. The van der Waals surface area contributed by atoms with E-state index in [2.05, 4.69) is 68.9 Å². The lowest BCUT2D eigenvalue weighted by Gasteiger charge is -2.37. The summed E-state index contributed by atoms with van der Waals surface area (Å²) < 4.78 is 0. The lowest BCUT2D eigenvalue weighted by Crippen LogP contribution is -2.48. The number of anilines is 2. The molecule has 4 rings (SSSR count). The van der Waals surface area contributed by atoms with Gasteiger partial charge in [-0.05, 0) is 81.8 Å². The third-order valence-electron chi connectivity index (χ3n) is 7.49. The molecule has 10 heteroatoms. The predicted molar refractivity (Wildman–Crippen MR) is 151 cm³/mol. The van der Waals surface area contributed by atoms with Gasteiger partial charge in [-0.25, -0.2) is 4.99 Å². The number of amides is 1. The second kappa shape index (κ2) is 11.6. The molecule has 3 heterocycles. The van der Waals surface area contributed by atoms with Crippen LogP contribution >= 0.6 is 11.6 Å². The molecule has 2 aliphatic heterocycles. The number of likely N-dealkylation sites (N-methyl/N-ethyl adjacent to an activating group) is 2. The minimum absolute atomic E-state index is 0.0356. The normalized spacial score (nSPS) is 19.8. The first-order valence-corrected chi connectivity index (χ1v) is 13.4. The number of carbonyl (C=O) groups excluding carboxylic acids is 1. The largest absolute Gasteiger partial charge is 0.358 e. The number of rotatable bonds is 7. The van der Waals surface area contributed by atoms with Crippen LogP contribution in [0.25, 0.3) is 0 Å². The molecule has 1 amide bonds. The van der Waals surface area contributed by atoms with Gasteiger partial charge in [-0.2, -0.15) is 5.10 Å². The summed E-state index contributed by atoms with van der Waals surface area (Å²) in [6.07, 6.45) is 4.34. The van der Waals surface area contributed by atoms with Crippen molar-refractivity contribution in [3.63, 3.8) is 0 Å². The van der Waals surface area contributed by atoms with Gasteiger partial charge in [-0.15, -0.1) is 0 Å². The molecule has 0 spiro atoms. The molecule has 37 heavy (non-hydrogen) atoms. The number of aryl methyl sites for hydroxylation is 3. The summed E-state index contributed by atoms with van der Waals surface area (Å²) >= 11 is 6.49. The number of piperidine rings is 1. The molecule has 1 fully saturated rings. The summed E-state index contributed by atoms with van der Waals surface area (Å²) in [4.78, 5) is 21.1. The van der Waals surface area contributed by atoms with E-state index < -0.39 is 0 Å². The van der Waals surface area contributed by atoms with Crippen molar-refractivity contribution in [1.29, 1.82) is 0 Å². The topological polar surface area (TPSA) is 101 Å². The lowest BCUT2D eigenvalue weighted by molar-refractivity contribution is -0.126. The van der Waals surface area contributed by atoms with Crippen molar-refractivity contribution in [2.45, 2.75) is 65.1 Å². The van der Waals surface area contributed by atoms with Crippen molar-refractivity contribution in [2.24, 2.45) is 4.99 Å². The number of likely N-dealkylation sites (tertiary alicyclic amines) is 1. The first-order chi connectivity index (χ1) is 17.7. The number of hydrogen-bond donors (Lipinski definition) is 4. The number of benzene rings is 1. The van der Waals surface area contributed by atoms with Gasteiger partial charge < -0.3 is 20.9 Å². The van der Waals surface area contributed by atoms with Crippen LogP contribution in [0.15, 0.2) is 34.4 Å². The summed E-state index contributed by atoms with van der Waals surface area (Å²) in [5.74, 6) is 2.04. The fraction of sp³-hybridized carbons (Fsp3) is 0.519. The maximum absolute atomic E-state index is 12.3. The van der Waals surface area contributed by atoms with E-state index in [4.69, 9.17) is 11.6 Å². The Kier molecular flexibility index (Phi) is 8.44. The average Bonchev–Trinajstić information content (AvgIpc) is 3.30. The summed E-state index contributed by atoms with van der Waals surface area (Å²) in [6, 6.07) is 6.43. The second-order valence-electron chi connectivity index (χ2n) is 10.1. The molecule has 0 radical (unpaired) electrons. The molecule has 4 N–H and O–H groups in total. The maximum Gasteiger partial charge on any atom is 0.237 e. The smallest absolute Gasteiger partial charge is 0.237 e. The van der Waals surface area contributed by atoms with Crippen LogP contribution in [0.1, 0.15) is 54.5 Å². The van der Waals surface area contributed by atoms with Crippen molar-refractivity contribution in [3.05, 3.63) is 51.8 Å². The van der Waals surface area contributed by atoms with Crippen molar-refractivity contribution in [3.8, 4) is 0 Å². The molecule has 1 aromatic heterocycles. The lowest BCUT2D eigenvalue weighted by atomic mass is 9.85. The SMILES string of the molecule is CCC(C(=O)NC)N1CCC(c2cc(C)c(NC3=NC=C(Cl)C(Nc4cc(C)[nH]n4)N3C)cc2C)CC1. The van der Waals surface area contributed by atoms with Crippen LogP contribution < -0.4 is 16.0 Å². The zero-order valence-corrected chi connectivity index (χ0v) is 23.4. The minimum atomic E-state index is -0.281. The Morgan fingerprint density at radius 1 is 1.19 bits per heavy atom. The van der Waals surface area contributed by atoms with Gasteiger partial charge in [0.15, 0.2) is 0 Å². The number of H-pyrrole nitrogens is 1. The van der Waals surface area contributed by atoms with E-state index in [-0.39, 0.29) is 18.1 Å². The maximum atomic E-state index is 12.3. The molecule has 0 saturated carbocycles. The van der Waals surface area contributed by atoms with Gasteiger partial charge in [0.1, 0.15) is 12.0 Å². The van der Waals surface area contributed by atoms with Crippen molar-refractivity contribution < 1.29 is 4.79 Å². The molecular formula is C27H39ClN8O. The molecule has 0 bridgehead atoms. The number of nitrogens with one attached hydrogen (secondary N) is 4. The number of aromatic amines is 1.